The number of nitrogens with one attached hydrogen (secondary N) is 1. The Morgan fingerprint density at radius 1 is 1.32 bits per heavy atom. The fraction of sp³-hybridized carbons (Fsp3) is 0.263. The Hall–Kier alpha value is -2.78. The van der Waals surface area contributed by atoms with Gasteiger partial charge in [-0.15, -0.1) is 0 Å². The van der Waals surface area contributed by atoms with Crippen LogP contribution in [0.4, 0.5) is 14.9 Å². The second-order valence-electron chi connectivity index (χ2n) is 6.36. The number of carbonyl (C=O) groups is 2. The topological polar surface area (TPSA) is 98.8 Å². The maximum Gasteiger partial charge on any atom is 0.414 e. The molecule has 0 bridgehead atoms. The van der Waals surface area contributed by atoms with Crippen molar-refractivity contribution in [3.63, 3.8) is 0 Å². The Balaban J connectivity index is 1.74. The third-order valence-electron chi connectivity index (χ3n) is 4.27. The van der Waals surface area contributed by atoms with Gasteiger partial charge in [-0.25, -0.2) is 9.18 Å². The lowest BCUT2D eigenvalue weighted by atomic mass is 10.0. The van der Waals surface area contributed by atoms with E-state index >= 15 is 0 Å². The molecule has 0 aromatic heterocycles. The van der Waals surface area contributed by atoms with E-state index in [1.165, 1.54) is 17.9 Å². The highest BCUT2D eigenvalue weighted by Crippen LogP contribution is 2.29. The molecule has 7 nitrogen and oxygen atoms in total. The molecule has 28 heavy (non-hydrogen) atoms. The van der Waals surface area contributed by atoms with Gasteiger partial charge in [0.2, 0.25) is 5.91 Å². The predicted octanol–water partition coefficient (Wildman–Crippen LogP) is 2.33. The van der Waals surface area contributed by atoms with Crippen LogP contribution in [0, 0.1) is 5.82 Å². The zero-order valence-electron chi connectivity index (χ0n) is 15.0. The molecule has 1 N–H and O–H groups in total. The zero-order valence-corrected chi connectivity index (χ0v) is 15.8. The SMILES string of the molecule is CC(=O)NC[C@H]1CN(c2ccc(-c3ccc(CS(=O)[O-])cc3)c(F)c2)C(=O)O1. The van der Waals surface area contributed by atoms with Crippen molar-refractivity contribution in [1.82, 2.24) is 5.32 Å². The highest BCUT2D eigenvalue weighted by Gasteiger charge is 2.32. The molecule has 0 radical (unpaired) electrons. The monoisotopic (exact) mass is 405 g/mol. The number of benzene rings is 2. The third kappa shape index (κ3) is 4.73. The minimum Gasteiger partial charge on any atom is -0.772 e. The quantitative estimate of drug-likeness (QED) is 0.744. The Kier molecular flexibility index (Phi) is 6.05. The molecule has 3 rings (SSSR count). The summed E-state index contributed by atoms with van der Waals surface area (Å²) in [6.07, 6.45) is -1.10. The first kappa shape index (κ1) is 20.0. The van der Waals surface area contributed by atoms with Crippen LogP contribution in [0.2, 0.25) is 0 Å². The number of amides is 2. The van der Waals surface area contributed by atoms with Crippen molar-refractivity contribution in [2.45, 2.75) is 18.8 Å². The van der Waals surface area contributed by atoms with Crippen molar-refractivity contribution in [2.75, 3.05) is 18.0 Å². The van der Waals surface area contributed by atoms with Crippen LogP contribution < -0.4 is 10.2 Å². The molecule has 1 heterocycles. The maximum atomic E-state index is 14.6. The summed E-state index contributed by atoms with van der Waals surface area (Å²) in [7, 11) is 0. The fourth-order valence-corrected chi connectivity index (χ4v) is 3.38. The molecule has 1 aliphatic rings. The smallest absolute Gasteiger partial charge is 0.414 e. The predicted molar refractivity (Wildman–Crippen MR) is 101 cm³/mol. The third-order valence-corrected chi connectivity index (χ3v) is 4.84. The van der Waals surface area contributed by atoms with Gasteiger partial charge in [0.15, 0.2) is 0 Å². The summed E-state index contributed by atoms with van der Waals surface area (Å²) in [6, 6.07) is 11.0. The highest BCUT2D eigenvalue weighted by molar-refractivity contribution is 7.78. The Morgan fingerprint density at radius 3 is 2.64 bits per heavy atom. The summed E-state index contributed by atoms with van der Waals surface area (Å²) in [4.78, 5) is 24.3. The highest BCUT2D eigenvalue weighted by atomic mass is 32.2. The van der Waals surface area contributed by atoms with Gasteiger partial charge in [-0.05, 0) is 29.3 Å². The molecule has 1 aliphatic heterocycles. The summed E-state index contributed by atoms with van der Waals surface area (Å²) >= 11 is -2.18. The summed E-state index contributed by atoms with van der Waals surface area (Å²) in [5.41, 5.74) is 1.90. The average Bonchev–Trinajstić information content (AvgIpc) is 3.01. The molecule has 148 valence electrons. The largest absolute Gasteiger partial charge is 0.772 e. The minimum atomic E-state index is -2.18. The van der Waals surface area contributed by atoms with Gasteiger partial charge in [0.1, 0.15) is 11.9 Å². The molecule has 1 unspecified atom stereocenters. The Labute approximate surface area is 163 Å². The van der Waals surface area contributed by atoms with Crippen molar-refractivity contribution in [2.24, 2.45) is 0 Å². The van der Waals surface area contributed by atoms with E-state index in [0.717, 1.165) is 0 Å². The van der Waals surface area contributed by atoms with Crippen LogP contribution in [-0.4, -0.2) is 40.0 Å². The number of cyclic esters (lactones) is 1. The maximum absolute atomic E-state index is 14.6. The number of carbonyl (C=O) groups excluding carboxylic acids is 2. The van der Waals surface area contributed by atoms with E-state index in [-0.39, 0.29) is 24.7 Å². The average molecular weight is 405 g/mol. The molecule has 2 atom stereocenters. The molecule has 0 aliphatic carbocycles. The van der Waals surface area contributed by atoms with Gasteiger partial charge in [0, 0.05) is 18.2 Å². The zero-order chi connectivity index (χ0) is 20.3. The van der Waals surface area contributed by atoms with E-state index < -0.39 is 29.1 Å². The molecule has 9 heteroatoms. The van der Waals surface area contributed by atoms with Gasteiger partial charge in [0.25, 0.3) is 0 Å². The number of ether oxygens (including phenoxy) is 1. The minimum absolute atomic E-state index is 0.0988. The van der Waals surface area contributed by atoms with E-state index in [1.807, 2.05) is 0 Å². The second kappa shape index (κ2) is 8.49. The first-order chi connectivity index (χ1) is 13.3. The van der Waals surface area contributed by atoms with Gasteiger partial charge < -0.3 is 14.6 Å². The van der Waals surface area contributed by atoms with Gasteiger partial charge in [-0.2, -0.15) is 0 Å². The van der Waals surface area contributed by atoms with E-state index in [2.05, 4.69) is 5.32 Å². The van der Waals surface area contributed by atoms with Gasteiger partial charge in [0.05, 0.1) is 18.8 Å². The van der Waals surface area contributed by atoms with E-state index in [1.54, 1.807) is 36.4 Å². The van der Waals surface area contributed by atoms with Gasteiger partial charge in [-0.1, -0.05) is 35.3 Å². The van der Waals surface area contributed by atoms with Crippen molar-refractivity contribution in [1.29, 1.82) is 0 Å². The van der Waals surface area contributed by atoms with E-state index in [9.17, 15) is 22.7 Å². The van der Waals surface area contributed by atoms with Crippen LogP contribution in [0.15, 0.2) is 42.5 Å². The molecule has 2 aromatic carbocycles. The number of nitrogens with zero attached hydrogens (tertiary/aromatic N) is 1. The number of rotatable bonds is 6. The van der Waals surface area contributed by atoms with Crippen molar-refractivity contribution < 1.29 is 27.5 Å². The number of anilines is 1. The number of hydrogen-bond acceptors (Lipinski definition) is 5. The molecule has 0 spiro atoms. The van der Waals surface area contributed by atoms with Crippen LogP contribution >= 0.6 is 0 Å². The lowest BCUT2D eigenvalue weighted by Crippen LogP contribution is -2.33. The van der Waals surface area contributed by atoms with E-state index in [4.69, 9.17) is 4.74 Å². The normalized spacial score (nSPS) is 17.3. The molecule has 2 aromatic rings. The Morgan fingerprint density at radius 2 is 2.04 bits per heavy atom. The molecule has 2 amide bonds. The van der Waals surface area contributed by atoms with Crippen molar-refractivity contribution in [3.05, 3.63) is 53.8 Å². The van der Waals surface area contributed by atoms with Gasteiger partial charge in [-0.3, -0.25) is 13.9 Å². The molecule has 1 saturated heterocycles. The summed E-state index contributed by atoms with van der Waals surface area (Å²) < 4.78 is 41.3. The molecular formula is C19H18FN2O5S-. The lowest BCUT2D eigenvalue weighted by Gasteiger charge is -2.15. The number of halogens is 1. The summed E-state index contributed by atoms with van der Waals surface area (Å²) in [6.45, 7) is 1.77. The lowest BCUT2D eigenvalue weighted by molar-refractivity contribution is -0.119. The first-order valence-corrected chi connectivity index (χ1v) is 9.75. The van der Waals surface area contributed by atoms with E-state index in [0.29, 0.717) is 22.4 Å². The van der Waals surface area contributed by atoms with Crippen LogP contribution in [-0.2, 0) is 26.4 Å². The summed E-state index contributed by atoms with van der Waals surface area (Å²) in [5, 5.41) is 2.58. The van der Waals surface area contributed by atoms with Crippen LogP contribution in [0.3, 0.4) is 0 Å². The molecule has 0 saturated carbocycles. The van der Waals surface area contributed by atoms with Crippen LogP contribution in [0.1, 0.15) is 12.5 Å². The van der Waals surface area contributed by atoms with Crippen molar-refractivity contribution >= 4 is 28.8 Å². The molecular weight excluding hydrogens is 387 g/mol. The summed E-state index contributed by atoms with van der Waals surface area (Å²) in [5.74, 6) is -0.841. The van der Waals surface area contributed by atoms with Gasteiger partial charge >= 0.3 is 6.09 Å². The van der Waals surface area contributed by atoms with Crippen LogP contribution in [0.5, 0.6) is 0 Å². The second-order valence-corrected chi connectivity index (χ2v) is 7.26. The van der Waals surface area contributed by atoms with Crippen molar-refractivity contribution in [3.8, 4) is 11.1 Å². The fourth-order valence-electron chi connectivity index (χ4n) is 2.92. The van der Waals surface area contributed by atoms with Crippen LogP contribution in [0.25, 0.3) is 11.1 Å². The molecule has 1 fully saturated rings. The Bertz CT molecular complexity index is 919. The first-order valence-electron chi connectivity index (χ1n) is 8.51. The number of hydrogen-bond donors (Lipinski definition) is 1. The standard InChI is InChI=1S/C19H19FN2O5S/c1-12(23)21-9-16-10-22(19(24)27-16)15-6-7-17(18(20)8-15)14-4-2-13(3-5-14)11-28(25)26/h2-8,16H,9-11H2,1H3,(H,21,23)(H,25,26)/p-1/t16-/m0/s1.